The molecule has 5 heteroatoms. The van der Waals surface area contributed by atoms with Crippen LogP contribution >= 0.6 is 0 Å². The Morgan fingerprint density at radius 2 is 1.91 bits per heavy atom. The Morgan fingerprint density at radius 1 is 1.22 bits per heavy atom. The molecule has 1 aromatic carbocycles. The normalized spacial score (nSPS) is 12.5. The average Bonchev–Trinajstić information content (AvgIpc) is 2.43. The lowest BCUT2D eigenvalue weighted by Gasteiger charge is -2.26. The molecule has 0 aliphatic carbocycles. The summed E-state index contributed by atoms with van der Waals surface area (Å²) < 4.78 is 11.4. The zero-order chi connectivity index (χ0) is 17.3. The first-order valence-electron chi connectivity index (χ1n) is 8.22. The minimum atomic E-state index is -0.502. The van der Waals surface area contributed by atoms with Crippen LogP contribution in [0.5, 0.6) is 5.75 Å². The van der Waals surface area contributed by atoms with Gasteiger partial charge < -0.3 is 19.5 Å². The molecule has 1 rings (SSSR count). The number of rotatable bonds is 9. The fourth-order valence-corrected chi connectivity index (χ4v) is 2.43. The summed E-state index contributed by atoms with van der Waals surface area (Å²) in [5.74, 6) is 0.712. The van der Waals surface area contributed by atoms with Crippen molar-refractivity contribution >= 4 is 11.8 Å². The van der Waals surface area contributed by atoms with Crippen molar-refractivity contribution in [2.45, 2.75) is 45.6 Å². The molecule has 0 saturated heterocycles. The van der Waals surface area contributed by atoms with Gasteiger partial charge in [-0.15, -0.1) is 4.99 Å². The molecule has 0 unspecified atom stereocenters. The molecule has 23 heavy (non-hydrogen) atoms. The number of para-hydroxylation sites is 2. The van der Waals surface area contributed by atoms with Crippen molar-refractivity contribution in [2.24, 2.45) is 0 Å². The van der Waals surface area contributed by atoms with Crippen LogP contribution in [0.25, 0.3) is 0 Å². The Kier molecular flexibility index (Phi) is 7.89. The summed E-state index contributed by atoms with van der Waals surface area (Å²) in [6.07, 6.45) is 3.11. The van der Waals surface area contributed by atoms with Crippen LogP contribution in [0.15, 0.2) is 24.3 Å². The van der Waals surface area contributed by atoms with Gasteiger partial charge >= 0.3 is 6.08 Å². The van der Waals surface area contributed by atoms with E-state index in [-0.39, 0.29) is 6.08 Å². The Balaban J connectivity index is 2.74. The molecule has 2 N–H and O–H groups in total. The van der Waals surface area contributed by atoms with E-state index in [1.807, 2.05) is 57.1 Å². The zero-order valence-electron chi connectivity index (χ0n) is 15.1. The van der Waals surface area contributed by atoms with Gasteiger partial charge in [-0.2, -0.15) is 0 Å². The minimum Gasteiger partial charge on any atom is -0.487 e. The quantitative estimate of drug-likeness (QED) is 0.416. The maximum absolute atomic E-state index is 10.1. The molecular weight excluding hydrogens is 292 g/mol. The van der Waals surface area contributed by atoms with Crippen LogP contribution < -0.4 is 9.73 Å². The predicted octanol–water partition coefficient (Wildman–Crippen LogP) is 2.24. The van der Waals surface area contributed by atoms with E-state index in [0.29, 0.717) is 24.6 Å². The van der Waals surface area contributed by atoms with Crippen LogP contribution in [-0.2, 0) is 4.74 Å². The number of unbranched alkanes of at least 4 members (excludes halogenated alkanes) is 2. The van der Waals surface area contributed by atoms with Gasteiger partial charge in [-0.1, -0.05) is 31.9 Å². The van der Waals surface area contributed by atoms with Gasteiger partial charge in [-0.3, -0.25) is 0 Å². The third kappa shape index (κ3) is 7.88. The van der Waals surface area contributed by atoms with Crippen LogP contribution in [0.2, 0.25) is 0 Å². The van der Waals surface area contributed by atoms with E-state index in [2.05, 4.69) is 11.9 Å². The molecule has 0 aromatic heterocycles. The van der Waals surface area contributed by atoms with Crippen molar-refractivity contribution in [1.29, 1.82) is 0 Å². The standard InChI is InChI=1S/C18H30N2O3/c1-6-7-10-13-22-16-12-9-8-11-15(16)19-17(21)23-18(2,3)14-20(4)5/h8-9,11-12H,6-7,10,13-14H2,1-5H3,(H,19,21)/p+1. The van der Waals surface area contributed by atoms with Crippen molar-refractivity contribution in [3.63, 3.8) is 0 Å². The number of nitrogens with zero attached hydrogens (tertiary/aromatic N) is 1. The molecule has 0 bridgehead atoms. The molecule has 0 saturated carbocycles. The fourth-order valence-electron chi connectivity index (χ4n) is 2.43. The average molecular weight is 323 g/mol. The summed E-state index contributed by atoms with van der Waals surface area (Å²) >= 11 is 0. The van der Waals surface area contributed by atoms with Gasteiger partial charge in [0.1, 0.15) is 5.60 Å². The molecule has 5 nitrogen and oxygen atoms in total. The summed E-state index contributed by atoms with van der Waals surface area (Å²) in [6, 6.07) is 7.54. The Bertz CT molecular complexity index is 499. The van der Waals surface area contributed by atoms with E-state index < -0.39 is 5.60 Å². The van der Waals surface area contributed by atoms with Crippen LogP contribution in [0, 0.1) is 0 Å². The zero-order valence-corrected chi connectivity index (χ0v) is 15.1. The first-order chi connectivity index (χ1) is 10.8. The third-order valence-corrected chi connectivity index (χ3v) is 3.20. The smallest absolute Gasteiger partial charge is 0.487 e. The van der Waals surface area contributed by atoms with Crippen LogP contribution in [-0.4, -0.2) is 48.9 Å². The highest BCUT2D eigenvalue weighted by Crippen LogP contribution is 2.19. The van der Waals surface area contributed by atoms with E-state index in [9.17, 15) is 5.11 Å². The molecule has 0 aliphatic rings. The molecule has 1 aromatic rings. The van der Waals surface area contributed by atoms with Crippen molar-refractivity contribution in [1.82, 2.24) is 4.90 Å². The van der Waals surface area contributed by atoms with E-state index in [0.717, 1.165) is 19.3 Å². The van der Waals surface area contributed by atoms with Crippen molar-refractivity contribution in [3.8, 4) is 5.75 Å². The van der Waals surface area contributed by atoms with E-state index >= 15 is 0 Å². The van der Waals surface area contributed by atoms with Gasteiger partial charge in [-0.05, 0) is 40.4 Å². The van der Waals surface area contributed by atoms with E-state index in [1.54, 1.807) is 0 Å². The number of nitrogens with one attached hydrogen (secondary N) is 1. The molecule has 0 fully saturated rings. The number of aliphatic hydroxyl groups is 1. The summed E-state index contributed by atoms with van der Waals surface area (Å²) in [5, 5.41) is 10.1. The molecule has 0 radical (unpaired) electrons. The predicted molar refractivity (Wildman–Crippen MR) is 93.4 cm³/mol. The number of aliphatic hydroxyl groups excluding tert-OH is 1. The molecule has 0 amide bonds. The monoisotopic (exact) mass is 323 g/mol. The highest BCUT2D eigenvalue weighted by molar-refractivity contribution is 5.60. The number of hydrogen-bond acceptors (Lipinski definition) is 3. The first-order valence-corrected chi connectivity index (χ1v) is 8.22. The Morgan fingerprint density at radius 3 is 2.57 bits per heavy atom. The summed E-state index contributed by atoms with van der Waals surface area (Å²) in [7, 11) is 3.93. The summed E-state index contributed by atoms with van der Waals surface area (Å²) in [5.41, 5.74) is 0.194. The second-order valence-electron chi connectivity index (χ2n) is 6.58. The molecular formula is C18H31N2O3+. The van der Waals surface area contributed by atoms with E-state index in [1.165, 1.54) is 0 Å². The number of ether oxygens (including phenoxy) is 2. The maximum atomic E-state index is 10.1. The van der Waals surface area contributed by atoms with Crippen molar-refractivity contribution in [3.05, 3.63) is 24.3 Å². The van der Waals surface area contributed by atoms with Gasteiger partial charge in [0.15, 0.2) is 5.75 Å². The molecule has 0 aliphatic heterocycles. The van der Waals surface area contributed by atoms with Gasteiger partial charge in [0, 0.05) is 12.6 Å². The third-order valence-electron chi connectivity index (χ3n) is 3.20. The Labute approximate surface area is 139 Å². The SMILES string of the molecule is CCCCCOc1ccccc1[NH+]=C(O)OC(C)(C)CN(C)C. The fraction of sp³-hybridized carbons (Fsp3) is 0.611. The van der Waals surface area contributed by atoms with E-state index in [4.69, 9.17) is 9.47 Å². The molecule has 130 valence electrons. The Hall–Kier alpha value is -1.75. The lowest BCUT2D eigenvalue weighted by atomic mass is 10.1. The minimum absolute atomic E-state index is 0.221. The first kappa shape index (κ1) is 19.3. The second-order valence-corrected chi connectivity index (χ2v) is 6.58. The van der Waals surface area contributed by atoms with Gasteiger partial charge in [0.25, 0.3) is 5.69 Å². The van der Waals surface area contributed by atoms with Crippen molar-refractivity contribution < 1.29 is 19.6 Å². The van der Waals surface area contributed by atoms with Gasteiger partial charge in [0.05, 0.1) is 6.61 Å². The van der Waals surface area contributed by atoms with Crippen LogP contribution in [0.1, 0.15) is 40.0 Å². The lowest BCUT2D eigenvalue weighted by molar-refractivity contribution is -0.387. The molecule has 0 atom stereocenters. The highest BCUT2D eigenvalue weighted by Gasteiger charge is 2.25. The molecule has 0 spiro atoms. The highest BCUT2D eigenvalue weighted by atomic mass is 16.6. The lowest BCUT2D eigenvalue weighted by Crippen LogP contribution is -2.68. The number of likely N-dealkylation sites (N-methyl/N-ethyl adjacent to an activating group) is 1. The topological polar surface area (TPSA) is 55.9 Å². The summed E-state index contributed by atoms with van der Waals surface area (Å²) in [6.45, 7) is 7.37. The number of hydrogen-bond donors (Lipinski definition) is 2. The molecule has 0 heterocycles. The second kappa shape index (κ2) is 9.40. The maximum Gasteiger partial charge on any atom is 0.551 e. The largest absolute Gasteiger partial charge is 0.551 e. The van der Waals surface area contributed by atoms with Gasteiger partial charge in [0.2, 0.25) is 0 Å². The van der Waals surface area contributed by atoms with Crippen molar-refractivity contribution in [2.75, 3.05) is 27.2 Å². The van der Waals surface area contributed by atoms with Crippen LogP contribution in [0.4, 0.5) is 5.69 Å². The van der Waals surface area contributed by atoms with Gasteiger partial charge in [-0.25, -0.2) is 0 Å². The number of benzene rings is 1. The van der Waals surface area contributed by atoms with Crippen LogP contribution in [0.3, 0.4) is 0 Å². The summed E-state index contributed by atoms with van der Waals surface area (Å²) in [4.78, 5) is 4.90.